The molecule has 0 bridgehead atoms. The minimum atomic E-state index is -0.760. The monoisotopic (exact) mass is 287 g/mol. The van der Waals surface area contributed by atoms with Crippen molar-refractivity contribution in [3.05, 3.63) is 54.3 Å². The number of carbonyl (C=O) groups excluding carboxylic acids is 2. The van der Waals surface area contributed by atoms with Gasteiger partial charge in [0.25, 0.3) is 5.91 Å². The fourth-order valence-corrected chi connectivity index (χ4v) is 2.20. The van der Waals surface area contributed by atoms with Gasteiger partial charge in [-0.2, -0.15) is 0 Å². The van der Waals surface area contributed by atoms with Gasteiger partial charge >= 0.3 is 5.97 Å². The molecule has 0 radical (unpaired) electrons. The molecule has 2 rings (SSSR count). The van der Waals surface area contributed by atoms with Crippen LogP contribution in [0.4, 0.5) is 0 Å². The Labute approximate surface area is 123 Å². The molecule has 0 saturated carbocycles. The lowest BCUT2D eigenvalue weighted by atomic mass is 10.0. The standard InChI is InChI=1S/C16H17NO4/c1-3-21-16(20)14(17-11(2)4-9-15(17)19)10-12-5-7-13(18)8-6-12/h4-9,14,18H,2-3,10H2,1H3/t14-/m0/s1. The van der Waals surface area contributed by atoms with E-state index in [1.807, 2.05) is 0 Å². The van der Waals surface area contributed by atoms with Crippen LogP contribution in [0.1, 0.15) is 12.5 Å². The molecule has 0 fully saturated rings. The minimum Gasteiger partial charge on any atom is -0.508 e. The molecule has 1 heterocycles. The lowest BCUT2D eigenvalue weighted by Crippen LogP contribution is -2.43. The quantitative estimate of drug-likeness (QED) is 0.838. The third-order valence-corrected chi connectivity index (χ3v) is 3.20. The van der Waals surface area contributed by atoms with E-state index in [0.29, 0.717) is 12.1 Å². The van der Waals surface area contributed by atoms with Crippen LogP contribution in [0, 0.1) is 0 Å². The highest BCUT2D eigenvalue weighted by atomic mass is 16.5. The van der Waals surface area contributed by atoms with Crippen LogP contribution in [0.2, 0.25) is 0 Å². The number of ether oxygens (including phenoxy) is 1. The van der Waals surface area contributed by atoms with Crippen LogP contribution in [0.25, 0.3) is 0 Å². The molecule has 0 saturated heterocycles. The summed E-state index contributed by atoms with van der Waals surface area (Å²) in [7, 11) is 0. The summed E-state index contributed by atoms with van der Waals surface area (Å²) < 4.78 is 5.06. The van der Waals surface area contributed by atoms with Gasteiger partial charge in [0.2, 0.25) is 0 Å². The van der Waals surface area contributed by atoms with Crippen LogP contribution in [0.5, 0.6) is 5.75 Å². The maximum Gasteiger partial charge on any atom is 0.329 e. The second-order valence-electron chi connectivity index (χ2n) is 4.67. The van der Waals surface area contributed by atoms with Gasteiger partial charge in [0.15, 0.2) is 0 Å². The van der Waals surface area contributed by atoms with Gasteiger partial charge in [0.1, 0.15) is 11.8 Å². The molecule has 0 aliphatic carbocycles. The number of nitrogens with zero attached hydrogens (tertiary/aromatic N) is 1. The van der Waals surface area contributed by atoms with Gasteiger partial charge in [-0.3, -0.25) is 9.69 Å². The van der Waals surface area contributed by atoms with Crippen molar-refractivity contribution < 1.29 is 19.4 Å². The van der Waals surface area contributed by atoms with E-state index < -0.39 is 12.0 Å². The van der Waals surface area contributed by atoms with Crippen LogP contribution in [-0.2, 0) is 20.7 Å². The summed E-state index contributed by atoms with van der Waals surface area (Å²) in [6, 6.07) is 5.73. The highest BCUT2D eigenvalue weighted by Crippen LogP contribution is 2.22. The van der Waals surface area contributed by atoms with Crippen molar-refractivity contribution >= 4 is 11.9 Å². The molecule has 0 spiro atoms. The average molecular weight is 287 g/mol. The Morgan fingerprint density at radius 1 is 1.33 bits per heavy atom. The van der Waals surface area contributed by atoms with Gasteiger partial charge < -0.3 is 9.84 Å². The van der Waals surface area contributed by atoms with Crippen molar-refractivity contribution in [2.45, 2.75) is 19.4 Å². The number of phenols is 1. The third-order valence-electron chi connectivity index (χ3n) is 3.20. The molecule has 0 aromatic heterocycles. The molecule has 1 amide bonds. The van der Waals surface area contributed by atoms with E-state index in [4.69, 9.17) is 4.74 Å². The average Bonchev–Trinajstić information content (AvgIpc) is 2.78. The van der Waals surface area contributed by atoms with Crippen molar-refractivity contribution in [1.82, 2.24) is 4.90 Å². The number of amides is 1. The van der Waals surface area contributed by atoms with Crippen LogP contribution >= 0.6 is 0 Å². The Hall–Kier alpha value is -2.56. The summed E-state index contributed by atoms with van der Waals surface area (Å²) in [6.45, 7) is 5.74. The zero-order valence-electron chi connectivity index (χ0n) is 11.8. The van der Waals surface area contributed by atoms with Gasteiger partial charge in [-0.15, -0.1) is 0 Å². The van der Waals surface area contributed by atoms with Crippen molar-refractivity contribution in [3.63, 3.8) is 0 Å². The molecule has 110 valence electrons. The number of phenolic OH excluding ortho intramolecular Hbond substituents is 1. The topological polar surface area (TPSA) is 66.8 Å². The Balaban J connectivity index is 2.24. The van der Waals surface area contributed by atoms with Gasteiger partial charge in [-0.1, -0.05) is 18.7 Å². The second kappa shape index (κ2) is 6.26. The predicted octanol–water partition coefficient (Wildman–Crippen LogP) is 1.78. The summed E-state index contributed by atoms with van der Waals surface area (Å²) in [5.74, 6) is -0.602. The second-order valence-corrected chi connectivity index (χ2v) is 4.67. The Morgan fingerprint density at radius 3 is 2.52 bits per heavy atom. The highest BCUT2D eigenvalue weighted by Gasteiger charge is 2.33. The van der Waals surface area contributed by atoms with Crippen molar-refractivity contribution in [1.29, 1.82) is 0 Å². The summed E-state index contributed by atoms with van der Waals surface area (Å²) in [6.07, 6.45) is 3.25. The first-order valence-electron chi connectivity index (χ1n) is 6.67. The van der Waals surface area contributed by atoms with Gasteiger partial charge in [0.05, 0.1) is 6.61 Å². The van der Waals surface area contributed by atoms with E-state index >= 15 is 0 Å². The molecular weight excluding hydrogens is 270 g/mol. The van der Waals surface area contributed by atoms with E-state index in [1.54, 1.807) is 25.1 Å². The molecule has 0 unspecified atom stereocenters. The number of hydrogen-bond donors (Lipinski definition) is 1. The van der Waals surface area contributed by atoms with Crippen LogP contribution in [0.3, 0.4) is 0 Å². The van der Waals surface area contributed by atoms with Gasteiger partial charge in [0, 0.05) is 18.2 Å². The molecule has 21 heavy (non-hydrogen) atoms. The Bertz CT molecular complexity index is 571. The maximum atomic E-state index is 12.2. The number of aromatic hydroxyl groups is 1. The first-order chi connectivity index (χ1) is 10.0. The van der Waals surface area contributed by atoms with Crippen LogP contribution < -0.4 is 0 Å². The molecule has 1 N–H and O–H groups in total. The largest absolute Gasteiger partial charge is 0.508 e. The smallest absolute Gasteiger partial charge is 0.329 e. The Kier molecular flexibility index (Phi) is 4.42. The molecule has 1 aromatic carbocycles. The fraction of sp³-hybridized carbons (Fsp3) is 0.250. The lowest BCUT2D eigenvalue weighted by molar-refractivity contribution is -0.151. The number of rotatable bonds is 5. The third kappa shape index (κ3) is 3.31. The molecule has 5 nitrogen and oxygen atoms in total. The first-order valence-corrected chi connectivity index (χ1v) is 6.67. The number of benzene rings is 1. The minimum absolute atomic E-state index is 0.148. The maximum absolute atomic E-state index is 12.2. The van der Waals surface area contributed by atoms with Crippen LogP contribution in [0.15, 0.2) is 48.7 Å². The predicted molar refractivity (Wildman–Crippen MR) is 77.4 cm³/mol. The molecular formula is C16H17NO4. The van der Waals surface area contributed by atoms with Crippen LogP contribution in [-0.4, -0.2) is 34.5 Å². The van der Waals surface area contributed by atoms with E-state index in [-0.39, 0.29) is 18.3 Å². The first kappa shape index (κ1) is 14.8. The normalized spacial score (nSPS) is 15.4. The molecule has 1 aromatic rings. The zero-order valence-corrected chi connectivity index (χ0v) is 11.8. The Morgan fingerprint density at radius 2 is 2.00 bits per heavy atom. The molecule has 1 aliphatic rings. The van der Waals surface area contributed by atoms with E-state index in [9.17, 15) is 14.7 Å². The van der Waals surface area contributed by atoms with Crippen molar-refractivity contribution in [2.24, 2.45) is 0 Å². The molecule has 5 heteroatoms. The van der Waals surface area contributed by atoms with E-state index in [1.165, 1.54) is 23.1 Å². The summed E-state index contributed by atoms with van der Waals surface area (Å²) in [4.78, 5) is 25.4. The zero-order chi connectivity index (χ0) is 15.4. The summed E-state index contributed by atoms with van der Waals surface area (Å²) in [5.41, 5.74) is 1.29. The molecule has 1 atom stereocenters. The fourth-order valence-electron chi connectivity index (χ4n) is 2.20. The molecule has 1 aliphatic heterocycles. The summed E-state index contributed by atoms with van der Waals surface area (Å²) in [5, 5.41) is 9.30. The summed E-state index contributed by atoms with van der Waals surface area (Å²) >= 11 is 0. The number of carbonyl (C=O) groups is 2. The number of esters is 1. The van der Waals surface area contributed by atoms with Gasteiger partial charge in [-0.25, -0.2) is 4.79 Å². The lowest BCUT2D eigenvalue weighted by Gasteiger charge is -2.27. The van der Waals surface area contributed by atoms with Crippen molar-refractivity contribution in [2.75, 3.05) is 6.61 Å². The highest BCUT2D eigenvalue weighted by molar-refractivity contribution is 5.96. The number of hydrogen-bond acceptors (Lipinski definition) is 4. The van der Waals surface area contributed by atoms with Gasteiger partial charge in [-0.05, 0) is 30.7 Å². The van der Waals surface area contributed by atoms with Crippen molar-refractivity contribution in [3.8, 4) is 5.75 Å². The van der Waals surface area contributed by atoms with E-state index in [0.717, 1.165) is 5.56 Å². The number of allylic oxidation sites excluding steroid dienone is 1. The van der Waals surface area contributed by atoms with E-state index in [2.05, 4.69) is 6.58 Å². The SMILES string of the molecule is C=C1C=CC(=O)N1[C@@H](Cc1ccc(O)cc1)C(=O)OCC.